The van der Waals surface area contributed by atoms with E-state index < -0.39 is 0 Å². The second-order valence-corrected chi connectivity index (χ2v) is 5.88. The minimum atomic E-state index is -0.237. The van der Waals surface area contributed by atoms with Crippen LogP contribution in [0, 0.1) is 5.92 Å². The molecule has 0 spiro atoms. The van der Waals surface area contributed by atoms with Crippen LogP contribution in [0.15, 0.2) is 36.4 Å². The number of carbonyl (C=O) groups excluding carboxylic acids is 2. The number of aromatic amines is 1. The van der Waals surface area contributed by atoms with Crippen molar-refractivity contribution in [2.24, 2.45) is 5.92 Å². The maximum absolute atomic E-state index is 12.7. The van der Waals surface area contributed by atoms with E-state index in [-0.39, 0.29) is 17.8 Å². The molecule has 1 saturated heterocycles. The largest absolute Gasteiger partial charge is 0.466 e. The molecule has 6 heteroatoms. The standard InChI is InChI=1S/C18H21N3O3/c1-2-24-18(23)14-9-6-10-21(12-14)17(22)16-11-15(19-20-16)13-7-4-3-5-8-13/h3-5,7-8,11,14H,2,6,9-10,12H2,1H3,(H,19,20)/t14-/m0/s1. The van der Waals surface area contributed by atoms with Crippen molar-refractivity contribution in [1.82, 2.24) is 15.1 Å². The van der Waals surface area contributed by atoms with Crippen molar-refractivity contribution in [1.29, 1.82) is 0 Å². The van der Waals surface area contributed by atoms with Crippen molar-refractivity contribution in [3.8, 4) is 11.3 Å². The number of hydrogen-bond acceptors (Lipinski definition) is 4. The fourth-order valence-corrected chi connectivity index (χ4v) is 2.97. The molecule has 0 saturated carbocycles. The van der Waals surface area contributed by atoms with Gasteiger partial charge in [0.1, 0.15) is 5.69 Å². The van der Waals surface area contributed by atoms with Crippen LogP contribution in [0.5, 0.6) is 0 Å². The fourth-order valence-electron chi connectivity index (χ4n) is 2.97. The number of piperidine rings is 1. The van der Waals surface area contributed by atoms with Crippen LogP contribution >= 0.6 is 0 Å². The first-order chi connectivity index (χ1) is 11.7. The summed E-state index contributed by atoms with van der Waals surface area (Å²) in [7, 11) is 0. The van der Waals surface area contributed by atoms with Gasteiger partial charge in [0, 0.05) is 18.7 Å². The number of H-pyrrole nitrogens is 1. The lowest BCUT2D eigenvalue weighted by Crippen LogP contribution is -2.43. The molecule has 24 heavy (non-hydrogen) atoms. The number of benzene rings is 1. The summed E-state index contributed by atoms with van der Waals surface area (Å²) >= 11 is 0. The number of amides is 1. The molecule has 1 amide bonds. The van der Waals surface area contributed by atoms with Crippen LogP contribution in [0.1, 0.15) is 30.3 Å². The molecule has 1 aromatic carbocycles. The van der Waals surface area contributed by atoms with Gasteiger partial charge >= 0.3 is 5.97 Å². The third-order valence-electron chi connectivity index (χ3n) is 4.21. The molecule has 1 N–H and O–H groups in total. The molecule has 0 unspecified atom stereocenters. The van der Waals surface area contributed by atoms with E-state index >= 15 is 0 Å². The Balaban J connectivity index is 1.70. The molecule has 0 bridgehead atoms. The van der Waals surface area contributed by atoms with Crippen molar-refractivity contribution in [2.45, 2.75) is 19.8 Å². The van der Waals surface area contributed by atoms with Crippen LogP contribution in [-0.2, 0) is 9.53 Å². The fraction of sp³-hybridized carbons (Fsp3) is 0.389. The van der Waals surface area contributed by atoms with Gasteiger partial charge in [-0.25, -0.2) is 0 Å². The smallest absolute Gasteiger partial charge is 0.310 e. The number of likely N-dealkylation sites (tertiary alicyclic amines) is 1. The van der Waals surface area contributed by atoms with E-state index in [9.17, 15) is 9.59 Å². The van der Waals surface area contributed by atoms with Gasteiger partial charge in [0.15, 0.2) is 0 Å². The Kier molecular flexibility index (Phi) is 4.93. The number of hydrogen-bond donors (Lipinski definition) is 1. The quantitative estimate of drug-likeness (QED) is 0.876. The predicted molar refractivity (Wildman–Crippen MR) is 89.3 cm³/mol. The van der Waals surface area contributed by atoms with Gasteiger partial charge in [0.2, 0.25) is 0 Å². The highest BCUT2D eigenvalue weighted by molar-refractivity contribution is 5.93. The first-order valence-electron chi connectivity index (χ1n) is 8.25. The van der Waals surface area contributed by atoms with Crippen molar-refractivity contribution < 1.29 is 14.3 Å². The van der Waals surface area contributed by atoms with Crippen LogP contribution in [0.2, 0.25) is 0 Å². The maximum atomic E-state index is 12.7. The Hall–Kier alpha value is -2.63. The van der Waals surface area contributed by atoms with Gasteiger partial charge in [-0.05, 0) is 25.8 Å². The lowest BCUT2D eigenvalue weighted by atomic mass is 9.98. The second-order valence-electron chi connectivity index (χ2n) is 5.88. The number of nitrogens with one attached hydrogen (secondary N) is 1. The first kappa shape index (κ1) is 16.2. The molecular formula is C18H21N3O3. The lowest BCUT2D eigenvalue weighted by Gasteiger charge is -2.31. The normalized spacial score (nSPS) is 17.5. The van der Waals surface area contributed by atoms with Crippen molar-refractivity contribution in [3.63, 3.8) is 0 Å². The van der Waals surface area contributed by atoms with Gasteiger partial charge < -0.3 is 9.64 Å². The van der Waals surface area contributed by atoms with Crippen molar-refractivity contribution in [3.05, 3.63) is 42.1 Å². The van der Waals surface area contributed by atoms with Crippen molar-refractivity contribution >= 4 is 11.9 Å². The Labute approximate surface area is 140 Å². The molecular weight excluding hydrogens is 306 g/mol. The number of nitrogens with zero attached hydrogens (tertiary/aromatic N) is 2. The summed E-state index contributed by atoms with van der Waals surface area (Å²) in [6, 6.07) is 11.4. The summed E-state index contributed by atoms with van der Waals surface area (Å²) in [6.07, 6.45) is 1.57. The second kappa shape index (κ2) is 7.29. The average Bonchev–Trinajstić information content (AvgIpc) is 3.12. The third kappa shape index (κ3) is 3.48. The number of carbonyl (C=O) groups is 2. The summed E-state index contributed by atoms with van der Waals surface area (Å²) in [5.41, 5.74) is 2.13. The summed E-state index contributed by atoms with van der Waals surface area (Å²) in [5.74, 6) is -0.581. The molecule has 2 heterocycles. The van der Waals surface area contributed by atoms with E-state index in [0.29, 0.717) is 25.4 Å². The average molecular weight is 327 g/mol. The lowest BCUT2D eigenvalue weighted by molar-refractivity contribution is -0.149. The molecule has 1 fully saturated rings. The molecule has 1 atom stereocenters. The molecule has 1 aliphatic rings. The highest BCUT2D eigenvalue weighted by Crippen LogP contribution is 2.21. The van der Waals surface area contributed by atoms with E-state index in [4.69, 9.17) is 4.74 Å². The Morgan fingerprint density at radius 1 is 1.33 bits per heavy atom. The Bertz CT molecular complexity index is 711. The van der Waals surface area contributed by atoms with Crippen LogP contribution in [0.25, 0.3) is 11.3 Å². The highest BCUT2D eigenvalue weighted by atomic mass is 16.5. The summed E-state index contributed by atoms with van der Waals surface area (Å²) in [6.45, 7) is 3.20. The molecule has 0 aliphatic carbocycles. The molecule has 1 aromatic heterocycles. The van der Waals surface area contributed by atoms with Gasteiger partial charge in [-0.1, -0.05) is 30.3 Å². The monoisotopic (exact) mass is 327 g/mol. The minimum absolute atomic E-state index is 0.126. The Morgan fingerprint density at radius 3 is 2.88 bits per heavy atom. The van der Waals surface area contributed by atoms with Crippen LogP contribution in [0.3, 0.4) is 0 Å². The maximum Gasteiger partial charge on any atom is 0.310 e. The Morgan fingerprint density at radius 2 is 2.12 bits per heavy atom. The van der Waals surface area contributed by atoms with Crippen LogP contribution < -0.4 is 0 Å². The van der Waals surface area contributed by atoms with Gasteiger partial charge in [0.05, 0.1) is 18.2 Å². The minimum Gasteiger partial charge on any atom is -0.466 e. The summed E-state index contributed by atoms with van der Waals surface area (Å²) < 4.78 is 5.08. The zero-order valence-corrected chi connectivity index (χ0v) is 13.7. The van der Waals surface area contributed by atoms with Gasteiger partial charge in [-0.2, -0.15) is 5.10 Å². The van der Waals surface area contributed by atoms with E-state index in [2.05, 4.69) is 10.2 Å². The molecule has 6 nitrogen and oxygen atoms in total. The molecule has 1 aliphatic heterocycles. The van der Waals surface area contributed by atoms with Crippen molar-refractivity contribution in [2.75, 3.05) is 19.7 Å². The molecule has 0 radical (unpaired) electrons. The number of rotatable bonds is 4. The third-order valence-corrected chi connectivity index (χ3v) is 4.21. The topological polar surface area (TPSA) is 75.3 Å². The predicted octanol–water partition coefficient (Wildman–Crippen LogP) is 2.49. The summed E-state index contributed by atoms with van der Waals surface area (Å²) in [4.78, 5) is 26.3. The molecule has 2 aromatic rings. The number of ether oxygens (including phenoxy) is 1. The van der Waals surface area contributed by atoms with E-state index in [1.165, 1.54) is 0 Å². The number of aromatic nitrogens is 2. The highest BCUT2D eigenvalue weighted by Gasteiger charge is 2.30. The SMILES string of the molecule is CCOC(=O)[C@H]1CCCN(C(=O)c2cc(-c3ccccc3)n[nH]2)C1. The van der Waals surface area contributed by atoms with Crippen LogP contribution in [0.4, 0.5) is 0 Å². The van der Waals surface area contributed by atoms with Gasteiger partial charge in [0.25, 0.3) is 5.91 Å². The summed E-state index contributed by atoms with van der Waals surface area (Å²) in [5, 5.41) is 7.03. The van der Waals surface area contributed by atoms with Crippen LogP contribution in [-0.4, -0.2) is 46.7 Å². The molecule has 126 valence electrons. The van der Waals surface area contributed by atoms with Gasteiger partial charge in [-0.15, -0.1) is 0 Å². The zero-order valence-electron chi connectivity index (χ0n) is 13.7. The van der Waals surface area contributed by atoms with Gasteiger partial charge in [-0.3, -0.25) is 14.7 Å². The molecule has 3 rings (SSSR count). The van der Waals surface area contributed by atoms with E-state index in [1.54, 1.807) is 17.9 Å². The van der Waals surface area contributed by atoms with E-state index in [1.807, 2.05) is 30.3 Å². The zero-order chi connectivity index (χ0) is 16.9. The van der Waals surface area contributed by atoms with E-state index in [0.717, 1.165) is 24.1 Å². The number of esters is 1. The first-order valence-corrected chi connectivity index (χ1v) is 8.25.